The molecule has 3 heterocycles. The standard InChI is InChI=1S/C17H15ClN6O3S/c18-9-1-3-12-11(7-9)15-13(5-6-20-17(25)16(15)22-12)23-24-14-4-2-10(8-21-14)28(19,26)27/h1-5,7-8,22-23H,6H2,(H,20,25)(H,21,24)(H2,19,26,27). The number of rotatable bonds is 4. The van der Waals surface area contributed by atoms with E-state index >= 15 is 0 Å². The molecule has 0 saturated carbocycles. The van der Waals surface area contributed by atoms with E-state index in [0.717, 1.165) is 17.1 Å². The number of anilines is 1. The molecular formula is C17H15ClN6O3S. The third-order valence-corrected chi connectivity index (χ3v) is 5.35. The van der Waals surface area contributed by atoms with Gasteiger partial charge in [0, 0.05) is 34.2 Å². The molecule has 4 rings (SSSR count). The molecule has 1 aliphatic rings. The van der Waals surface area contributed by atoms with Crippen LogP contribution < -0.4 is 21.3 Å². The molecule has 1 amide bonds. The molecule has 0 spiro atoms. The van der Waals surface area contributed by atoms with Crippen molar-refractivity contribution >= 4 is 49.9 Å². The Bertz CT molecular complexity index is 1220. The Balaban J connectivity index is 1.66. The second-order valence-electron chi connectivity index (χ2n) is 6.07. The van der Waals surface area contributed by atoms with E-state index in [1.165, 1.54) is 12.1 Å². The molecule has 144 valence electrons. The first-order chi connectivity index (χ1) is 13.3. The number of carbonyl (C=O) groups excluding carboxylic acids is 1. The largest absolute Gasteiger partial charge is 0.350 e. The van der Waals surface area contributed by atoms with Crippen LogP contribution in [0.2, 0.25) is 5.02 Å². The van der Waals surface area contributed by atoms with Gasteiger partial charge in [0.1, 0.15) is 16.4 Å². The highest BCUT2D eigenvalue weighted by Gasteiger charge is 2.23. The molecule has 9 nitrogen and oxygen atoms in total. The first kappa shape index (κ1) is 18.3. The minimum Gasteiger partial charge on any atom is -0.350 e. The van der Waals surface area contributed by atoms with Crippen molar-refractivity contribution in [3.63, 3.8) is 0 Å². The van der Waals surface area contributed by atoms with Gasteiger partial charge < -0.3 is 10.3 Å². The second-order valence-corrected chi connectivity index (χ2v) is 8.06. The molecule has 0 atom stereocenters. The highest BCUT2D eigenvalue weighted by molar-refractivity contribution is 7.89. The Kier molecular flexibility index (Phi) is 4.46. The fourth-order valence-corrected chi connectivity index (χ4v) is 3.55. The van der Waals surface area contributed by atoms with Crippen molar-refractivity contribution in [2.75, 3.05) is 12.0 Å². The number of carbonyl (C=O) groups is 1. The quantitative estimate of drug-likeness (QED) is 0.407. The number of H-pyrrole nitrogens is 1. The second kappa shape index (κ2) is 6.82. The van der Waals surface area contributed by atoms with Crippen molar-refractivity contribution in [1.29, 1.82) is 0 Å². The number of halogens is 1. The first-order valence-electron chi connectivity index (χ1n) is 8.14. The van der Waals surface area contributed by atoms with Crippen LogP contribution in [0.15, 0.2) is 47.5 Å². The molecule has 6 N–H and O–H groups in total. The summed E-state index contributed by atoms with van der Waals surface area (Å²) in [5, 5.41) is 9.19. The van der Waals surface area contributed by atoms with Crippen molar-refractivity contribution in [2.24, 2.45) is 5.14 Å². The van der Waals surface area contributed by atoms with E-state index < -0.39 is 10.0 Å². The van der Waals surface area contributed by atoms with Crippen LogP contribution in [-0.4, -0.2) is 30.8 Å². The average molecular weight is 419 g/mol. The number of fused-ring (bicyclic) bond motifs is 3. The Labute approximate surface area is 165 Å². The van der Waals surface area contributed by atoms with Crippen LogP contribution in [-0.2, 0) is 10.0 Å². The van der Waals surface area contributed by atoms with Gasteiger partial charge in [-0.15, -0.1) is 0 Å². The lowest BCUT2D eigenvalue weighted by molar-refractivity contribution is 0.0954. The molecule has 0 fully saturated rings. The molecule has 3 aromatic rings. The number of sulfonamides is 1. The van der Waals surface area contributed by atoms with Gasteiger partial charge in [0.2, 0.25) is 10.0 Å². The number of aromatic nitrogens is 2. The van der Waals surface area contributed by atoms with E-state index in [0.29, 0.717) is 34.3 Å². The zero-order valence-corrected chi connectivity index (χ0v) is 15.9. The van der Waals surface area contributed by atoms with E-state index in [-0.39, 0.29) is 10.8 Å². The van der Waals surface area contributed by atoms with Gasteiger partial charge in [-0.3, -0.25) is 15.6 Å². The van der Waals surface area contributed by atoms with E-state index in [1.807, 2.05) is 6.08 Å². The van der Waals surface area contributed by atoms with Crippen LogP contribution in [0, 0.1) is 0 Å². The molecule has 1 aliphatic heterocycles. The summed E-state index contributed by atoms with van der Waals surface area (Å²) in [6, 6.07) is 8.14. The molecule has 0 bridgehead atoms. The number of primary sulfonamides is 1. The molecule has 0 aliphatic carbocycles. The summed E-state index contributed by atoms with van der Waals surface area (Å²) in [7, 11) is -3.81. The summed E-state index contributed by atoms with van der Waals surface area (Å²) in [5.41, 5.74) is 8.41. The Hall–Kier alpha value is -3.08. The number of aromatic amines is 1. The summed E-state index contributed by atoms with van der Waals surface area (Å²) in [6.45, 7) is 0.325. The van der Waals surface area contributed by atoms with Gasteiger partial charge in [0.05, 0.1) is 5.70 Å². The molecule has 11 heteroatoms. The summed E-state index contributed by atoms with van der Waals surface area (Å²) in [4.78, 5) is 19.4. The Morgan fingerprint density at radius 2 is 2.00 bits per heavy atom. The predicted octanol–water partition coefficient (Wildman–Crippen LogP) is 1.56. The zero-order valence-electron chi connectivity index (χ0n) is 14.3. The van der Waals surface area contributed by atoms with E-state index in [9.17, 15) is 13.2 Å². The van der Waals surface area contributed by atoms with Gasteiger partial charge in [-0.25, -0.2) is 18.5 Å². The van der Waals surface area contributed by atoms with Gasteiger partial charge in [-0.1, -0.05) is 11.6 Å². The van der Waals surface area contributed by atoms with Gasteiger partial charge in [-0.2, -0.15) is 0 Å². The molecule has 1 aromatic carbocycles. The number of benzene rings is 1. The molecular weight excluding hydrogens is 404 g/mol. The number of nitrogens with zero attached hydrogens (tertiary/aromatic N) is 1. The highest BCUT2D eigenvalue weighted by Crippen LogP contribution is 2.31. The lowest BCUT2D eigenvalue weighted by Gasteiger charge is -2.13. The lowest BCUT2D eigenvalue weighted by Crippen LogP contribution is -2.22. The van der Waals surface area contributed by atoms with Gasteiger partial charge in [-0.05, 0) is 36.4 Å². The molecule has 28 heavy (non-hydrogen) atoms. The minimum absolute atomic E-state index is 0.0879. The van der Waals surface area contributed by atoms with Crippen molar-refractivity contribution in [1.82, 2.24) is 20.7 Å². The number of pyridine rings is 1. The fraction of sp³-hybridized carbons (Fsp3) is 0.0588. The topological polar surface area (TPSA) is 142 Å². The maximum absolute atomic E-state index is 12.4. The van der Waals surface area contributed by atoms with Crippen LogP contribution >= 0.6 is 11.6 Å². The SMILES string of the molecule is NS(=O)(=O)c1ccc(NNC2=CCNC(=O)c3[nH]c4ccc(Cl)cc4c32)nc1. The summed E-state index contributed by atoms with van der Waals surface area (Å²) < 4.78 is 22.6. The minimum atomic E-state index is -3.81. The van der Waals surface area contributed by atoms with Crippen molar-refractivity contribution in [3.8, 4) is 0 Å². The summed E-state index contributed by atoms with van der Waals surface area (Å²) in [6.07, 6.45) is 2.96. The number of nitrogens with one attached hydrogen (secondary N) is 4. The third kappa shape index (κ3) is 3.40. The van der Waals surface area contributed by atoms with Crippen LogP contribution in [0.4, 0.5) is 5.82 Å². The Morgan fingerprint density at radius 3 is 2.71 bits per heavy atom. The Morgan fingerprint density at radius 1 is 1.18 bits per heavy atom. The number of nitrogens with two attached hydrogens (primary N) is 1. The molecule has 0 saturated heterocycles. The van der Waals surface area contributed by atoms with Crippen LogP contribution in [0.1, 0.15) is 16.1 Å². The molecule has 0 unspecified atom stereocenters. The third-order valence-electron chi connectivity index (χ3n) is 4.22. The maximum atomic E-state index is 12.4. The number of hydrazine groups is 1. The number of hydrogen-bond donors (Lipinski definition) is 5. The monoisotopic (exact) mass is 418 g/mol. The van der Waals surface area contributed by atoms with Crippen molar-refractivity contribution in [2.45, 2.75) is 4.90 Å². The first-order valence-corrected chi connectivity index (χ1v) is 10.1. The van der Waals surface area contributed by atoms with E-state index in [2.05, 4.69) is 26.1 Å². The predicted molar refractivity (Wildman–Crippen MR) is 106 cm³/mol. The summed E-state index contributed by atoms with van der Waals surface area (Å²) >= 11 is 6.13. The smallest absolute Gasteiger partial charge is 0.268 e. The lowest BCUT2D eigenvalue weighted by atomic mass is 10.1. The van der Waals surface area contributed by atoms with Gasteiger partial charge >= 0.3 is 0 Å². The zero-order chi connectivity index (χ0) is 19.9. The highest BCUT2D eigenvalue weighted by atomic mass is 35.5. The van der Waals surface area contributed by atoms with Gasteiger partial charge in [0.25, 0.3) is 5.91 Å². The normalized spacial score (nSPS) is 14.1. The van der Waals surface area contributed by atoms with Crippen LogP contribution in [0.5, 0.6) is 0 Å². The van der Waals surface area contributed by atoms with E-state index in [1.54, 1.807) is 18.2 Å². The number of hydrogen-bond acceptors (Lipinski definition) is 6. The molecule has 2 aromatic heterocycles. The van der Waals surface area contributed by atoms with Crippen LogP contribution in [0.3, 0.4) is 0 Å². The van der Waals surface area contributed by atoms with Crippen molar-refractivity contribution in [3.05, 3.63) is 58.9 Å². The number of amides is 1. The molecule has 0 radical (unpaired) electrons. The average Bonchev–Trinajstić information content (AvgIpc) is 2.95. The van der Waals surface area contributed by atoms with Crippen molar-refractivity contribution < 1.29 is 13.2 Å². The van der Waals surface area contributed by atoms with Gasteiger partial charge in [0.15, 0.2) is 0 Å². The summed E-state index contributed by atoms with van der Waals surface area (Å²) in [5.74, 6) is 0.141. The van der Waals surface area contributed by atoms with Crippen LogP contribution in [0.25, 0.3) is 16.6 Å². The van der Waals surface area contributed by atoms with E-state index in [4.69, 9.17) is 16.7 Å². The fourth-order valence-electron chi connectivity index (χ4n) is 2.92. The maximum Gasteiger partial charge on any atom is 0.268 e.